The predicted octanol–water partition coefficient (Wildman–Crippen LogP) is 12.5. The van der Waals surface area contributed by atoms with Gasteiger partial charge in [-0.15, -0.1) is 0 Å². The van der Waals surface area contributed by atoms with Gasteiger partial charge in [0.2, 0.25) is 0 Å². The molecule has 0 saturated carbocycles. The molecule has 0 fully saturated rings. The third kappa shape index (κ3) is 15.3. The second kappa shape index (κ2) is 24.8. The fourth-order valence-corrected chi connectivity index (χ4v) is 11.0. The summed E-state index contributed by atoms with van der Waals surface area (Å²) in [6.07, 6.45) is 27.0. The first-order valence-corrected chi connectivity index (χ1v) is 21.9. The summed E-state index contributed by atoms with van der Waals surface area (Å²) >= 11 is 0. The first kappa shape index (κ1) is 41.2. The molecule has 0 unspecified atom stereocenters. The van der Waals surface area contributed by atoms with Crippen molar-refractivity contribution >= 4 is 23.2 Å². The quantitative estimate of drug-likeness (QED) is 0.0344. The molecule has 2 nitrogen and oxygen atoms in total. The lowest BCUT2D eigenvalue weighted by molar-refractivity contribution is -0.148. The molecule has 3 aromatic carbocycles. The Morgan fingerprint density at radius 2 is 0.857 bits per heavy atom. The van der Waals surface area contributed by atoms with Crippen molar-refractivity contribution in [3.05, 3.63) is 102 Å². The van der Waals surface area contributed by atoms with Crippen LogP contribution in [-0.2, 0) is 9.47 Å². The van der Waals surface area contributed by atoms with Gasteiger partial charge in [-0.05, 0) is 109 Å². The Bertz CT molecular complexity index is 1140. The second-order valence-corrected chi connectivity index (χ2v) is 17.9. The Morgan fingerprint density at radius 1 is 0.469 bits per heavy atom. The number of aryl methyl sites for hydroxylation is 3. The number of unbranched alkanes of at least 4 members (excludes halogenated alkanes) is 12. The summed E-state index contributed by atoms with van der Waals surface area (Å²) in [6, 6.07) is 28.2. The molecule has 0 aromatic heterocycles. The number of ether oxygens (including phenoxy) is 2. The van der Waals surface area contributed by atoms with Crippen LogP contribution in [0, 0.1) is 20.8 Å². The van der Waals surface area contributed by atoms with E-state index in [0.717, 1.165) is 45.3 Å². The summed E-state index contributed by atoms with van der Waals surface area (Å²) in [5.41, 5.74) is 3.97. The van der Waals surface area contributed by atoms with Gasteiger partial charge < -0.3 is 9.47 Å². The normalized spacial score (nSPS) is 12.0. The number of hydrogen-bond donors (Lipinski definition) is 0. The van der Waals surface area contributed by atoms with Gasteiger partial charge in [0, 0.05) is 13.2 Å². The second-order valence-electron chi connectivity index (χ2n) is 14.3. The zero-order valence-electron chi connectivity index (χ0n) is 32.1. The van der Waals surface area contributed by atoms with Gasteiger partial charge in [0.25, 0.3) is 0 Å². The molecule has 0 aliphatic heterocycles. The van der Waals surface area contributed by atoms with E-state index in [1.165, 1.54) is 116 Å². The van der Waals surface area contributed by atoms with Gasteiger partial charge in [0.1, 0.15) is 23.2 Å². The minimum Gasteiger partial charge on any atom is -0.353 e. The summed E-state index contributed by atoms with van der Waals surface area (Å²) < 4.78 is 12.5. The Labute approximate surface area is 302 Å². The molecule has 3 rings (SSSR count). The van der Waals surface area contributed by atoms with Gasteiger partial charge in [-0.3, -0.25) is 0 Å². The SMILES string of the molecule is CCCCCCCOC(CCCCC/C=C/CCC[P+](c1ccc(C)cc1)(c1ccc(C)cc1)c1ccc(C)cc1)OCCCCCCC. The maximum atomic E-state index is 6.23. The summed E-state index contributed by atoms with van der Waals surface area (Å²) in [4.78, 5) is 0. The van der Waals surface area contributed by atoms with Gasteiger partial charge in [0.05, 0.1) is 6.16 Å². The van der Waals surface area contributed by atoms with Crippen molar-refractivity contribution < 1.29 is 9.47 Å². The summed E-state index contributed by atoms with van der Waals surface area (Å²) in [5, 5.41) is 4.48. The van der Waals surface area contributed by atoms with E-state index in [0.29, 0.717) is 0 Å². The van der Waals surface area contributed by atoms with Crippen LogP contribution in [-0.4, -0.2) is 25.7 Å². The van der Waals surface area contributed by atoms with E-state index in [-0.39, 0.29) is 6.29 Å². The molecule has 0 radical (unpaired) electrons. The van der Waals surface area contributed by atoms with Crippen molar-refractivity contribution in [3.8, 4) is 0 Å². The first-order chi connectivity index (χ1) is 24.0. The third-order valence-corrected chi connectivity index (χ3v) is 14.4. The zero-order chi connectivity index (χ0) is 35.0. The van der Waals surface area contributed by atoms with Crippen LogP contribution in [0.25, 0.3) is 0 Å². The topological polar surface area (TPSA) is 18.5 Å². The van der Waals surface area contributed by atoms with Crippen LogP contribution in [0.4, 0.5) is 0 Å². The molecular formula is C46H70O2P+. The van der Waals surface area contributed by atoms with Crippen molar-refractivity contribution in [3.63, 3.8) is 0 Å². The van der Waals surface area contributed by atoms with Crippen LogP contribution in [0.3, 0.4) is 0 Å². The highest BCUT2D eigenvalue weighted by atomic mass is 31.2. The van der Waals surface area contributed by atoms with Crippen LogP contribution in [0.5, 0.6) is 0 Å². The van der Waals surface area contributed by atoms with E-state index in [4.69, 9.17) is 9.47 Å². The highest BCUT2D eigenvalue weighted by Crippen LogP contribution is 2.56. The van der Waals surface area contributed by atoms with Crippen molar-refractivity contribution in [1.82, 2.24) is 0 Å². The molecule has 0 aliphatic carbocycles. The van der Waals surface area contributed by atoms with Gasteiger partial charge in [-0.25, -0.2) is 0 Å². The molecule has 0 N–H and O–H groups in total. The maximum Gasteiger partial charge on any atom is 0.157 e. The summed E-state index contributed by atoms with van der Waals surface area (Å²) in [7, 11) is -1.78. The predicted molar refractivity (Wildman–Crippen MR) is 219 cm³/mol. The van der Waals surface area contributed by atoms with Crippen molar-refractivity contribution in [1.29, 1.82) is 0 Å². The molecule has 3 heteroatoms. The van der Waals surface area contributed by atoms with Crippen LogP contribution in [0.15, 0.2) is 84.9 Å². The van der Waals surface area contributed by atoms with Crippen molar-refractivity contribution in [2.24, 2.45) is 0 Å². The van der Waals surface area contributed by atoms with E-state index in [2.05, 4.69) is 120 Å². The number of allylic oxidation sites excluding steroid dienone is 2. The van der Waals surface area contributed by atoms with Crippen LogP contribution in [0.2, 0.25) is 0 Å². The van der Waals surface area contributed by atoms with Gasteiger partial charge in [-0.2, -0.15) is 0 Å². The third-order valence-electron chi connectivity index (χ3n) is 9.87. The molecule has 0 atom stereocenters. The number of hydrogen-bond acceptors (Lipinski definition) is 2. The molecular weight excluding hydrogens is 615 g/mol. The Hall–Kier alpha value is -2.25. The first-order valence-electron chi connectivity index (χ1n) is 20.0. The van der Waals surface area contributed by atoms with E-state index in [1.54, 1.807) is 0 Å². The Balaban J connectivity index is 1.49. The van der Waals surface area contributed by atoms with Crippen LogP contribution < -0.4 is 15.9 Å². The number of rotatable bonds is 27. The Morgan fingerprint density at radius 3 is 1.29 bits per heavy atom. The van der Waals surface area contributed by atoms with E-state index >= 15 is 0 Å². The molecule has 0 spiro atoms. The molecule has 270 valence electrons. The number of benzene rings is 3. The highest BCUT2D eigenvalue weighted by molar-refractivity contribution is 7.95. The lowest BCUT2D eigenvalue weighted by atomic mass is 10.1. The molecule has 0 bridgehead atoms. The molecule has 0 saturated heterocycles. The molecule has 3 aromatic rings. The maximum absolute atomic E-state index is 6.23. The summed E-state index contributed by atoms with van der Waals surface area (Å²) in [6.45, 7) is 12.8. The van der Waals surface area contributed by atoms with Crippen LogP contribution in [0.1, 0.15) is 140 Å². The van der Waals surface area contributed by atoms with Gasteiger partial charge >= 0.3 is 0 Å². The molecule has 0 heterocycles. The summed E-state index contributed by atoms with van der Waals surface area (Å²) in [5.74, 6) is 0. The molecule has 0 aliphatic rings. The van der Waals surface area contributed by atoms with E-state index in [1.807, 2.05) is 0 Å². The highest BCUT2D eigenvalue weighted by Gasteiger charge is 2.44. The average molecular weight is 686 g/mol. The van der Waals surface area contributed by atoms with Crippen LogP contribution >= 0.6 is 7.26 Å². The monoisotopic (exact) mass is 686 g/mol. The largest absolute Gasteiger partial charge is 0.353 e. The van der Waals surface area contributed by atoms with Crippen molar-refractivity contribution in [2.45, 2.75) is 150 Å². The fraction of sp³-hybridized carbons (Fsp3) is 0.565. The zero-order valence-corrected chi connectivity index (χ0v) is 33.0. The van der Waals surface area contributed by atoms with Gasteiger partial charge in [-0.1, -0.05) is 137 Å². The minimum atomic E-state index is -1.78. The lowest BCUT2D eigenvalue weighted by Crippen LogP contribution is -2.33. The Kier molecular flexibility index (Phi) is 20.9. The standard InChI is InChI=1S/C46H70O2P/c1-6-8-10-17-21-37-47-46(48-38-22-18-11-9-7-2)24-20-16-14-12-13-15-19-23-39-49(43-31-25-40(3)26-32-43,44-33-27-41(4)28-34-44)45-35-29-42(5)30-36-45/h13,15,25-36,46H,6-12,14,16-24,37-39H2,1-5H3/q+1/b15-13+. The fourth-order valence-electron chi connectivity index (χ4n) is 6.72. The van der Waals surface area contributed by atoms with E-state index in [9.17, 15) is 0 Å². The van der Waals surface area contributed by atoms with E-state index < -0.39 is 7.26 Å². The lowest BCUT2D eigenvalue weighted by Gasteiger charge is -2.28. The average Bonchev–Trinajstić information content (AvgIpc) is 3.11. The molecule has 0 amide bonds. The molecule has 49 heavy (non-hydrogen) atoms. The van der Waals surface area contributed by atoms with Crippen molar-refractivity contribution in [2.75, 3.05) is 19.4 Å². The minimum absolute atomic E-state index is 0.0212. The smallest absolute Gasteiger partial charge is 0.157 e. The van der Waals surface area contributed by atoms with Gasteiger partial charge in [0.15, 0.2) is 6.29 Å².